The van der Waals surface area contributed by atoms with Crippen LogP contribution in [0.5, 0.6) is 0 Å². The Morgan fingerprint density at radius 3 is 2.40 bits per heavy atom. The van der Waals surface area contributed by atoms with Crippen molar-refractivity contribution in [2.45, 2.75) is 20.3 Å². The van der Waals surface area contributed by atoms with Crippen LogP contribution in [0, 0.1) is 0 Å². The summed E-state index contributed by atoms with van der Waals surface area (Å²) in [6, 6.07) is 0. The summed E-state index contributed by atoms with van der Waals surface area (Å²) < 4.78 is 0. The van der Waals surface area contributed by atoms with Gasteiger partial charge in [0.1, 0.15) is 5.76 Å². The van der Waals surface area contributed by atoms with Crippen LogP contribution in [0.3, 0.4) is 0 Å². The maximum Gasteiger partial charge on any atom is 0.371 e. The summed E-state index contributed by atoms with van der Waals surface area (Å²) in [5, 5.41) is 16.8. The first-order valence-corrected chi connectivity index (χ1v) is 2.88. The van der Waals surface area contributed by atoms with Crippen molar-refractivity contribution >= 4 is 5.97 Å². The molecule has 0 saturated heterocycles. The van der Waals surface area contributed by atoms with Crippen LogP contribution in [0.15, 0.2) is 11.3 Å². The second-order valence-corrected chi connectivity index (χ2v) is 1.80. The van der Waals surface area contributed by atoms with Crippen LogP contribution in [0.1, 0.15) is 20.3 Å². The van der Waals surface area contributed by atoms with Crippen molar-refractivity contribution < 1.29 is 20.0 Å². The number of carbonyl (C=O) groups excluding carboxylic acids is 1. The number of carbonyl (C=O) groups is 1. The number of aliphatic hydroxyl groups excluding tert-OH is 1. The van der Waals surface area contributed by atoms with Gasteiger partial charge in [-0.25, -0.2) is 4.79 Å². The standard InChI is InChI=1S/C6H10O4/c1-3-5(7)4(2)6(8)10-9/h7,9H,3H2,1-2H3. The molecule has 0 amide bonds. The van der Waals surface area contributed by atoms with Gasteiger partial charge in [0, 0.05) is 6.42 Å². The molecule has 0 heterocycles. The summed E-state index contributed by atoms with van der Waals surface area (Å²) in [4.78, 5) is 13.8. The third-order valence-electron chi connectivity index (χ3n) is 1.16. The molecule has 0 saturated carbocycles. The molecule has 0 aliphatic heterocycles. The van der Waals surface area contributed by atoms with Crippen LogP contribution >= 0.6 is 0 Å². The van der Waals surface area contributed by atoms with Crippen LogP contribution in [-0.2, 0) is 9.68 Å². The summed E-state index contributed by atoms with van der Waals surface area (Å²) in [5.74, 6) is -0.988. The quantitative estimate of drug-likeness (QED) is 0.266. The van der Waals surface area contributed by atoms with E-state index >= 15 is 0 Å². The van der Waals surface area contributed by atoms with Gasteiger partial charge >= 0.3 is 5.97 Å². The zero-order valence-electron chi connectivity index (χ0n) is 5.92. The van der Waals surface area contributed by atoms with Gasteiger partial charge in [-0.05, 0) is 6.92 Å². The van der Waals surface area contributed by atoms with Gasteiger partial charge in [0.15, 0.2) is 0 Å². The molecule has 58 valence electrons. The largest absolute Gasteiger partial charge is 0.512 e. The molecule has 0 rings (SSSR count). The number of allylic oxidation sites excluding steroid dienone is 1. The van der Waals surface area contributed by atoms with Crippen molar-refractivity contribution in [3.63, 3.8) is 0 Å². The minimum atomic E-state index is -0.917. The first-order chi connectivity index (χ1) is 4.63. The zero-order chi connectivity index (χ0) is 8.15. The van der Waals surface area contributed by atoms with Crippen molar-refractivity contribution in [2.24, 2.45) is 0 Å². The molecule has 4 heteroatoms. The van der Waals surface area contributed by atoms with E-state index in [4.69, 9.17) is 10.4 Å². The summed E-state index contributed by atoms with van der Waals surface area (Å²) >= 11 is 0. The summed E-state index contributed by atoms with van der Waals surface area (Å²) in [5.41, 5.74) is 0.0324. The molecule has 0 aliphatic carbocycles. The van der Waals surface area contributed by atoms with E-state index in [0.717, 1.165) is 0 Å². The maximum atomic E-state index is 10.4. The Hall–Kier alpha value is -1.03. The van der Waals surface area contributed by atoms with E-state index in [1.54, 1.807) is 6.92 Å². The number of hydrogen-bond acceptors (Lipinski definition) is 4. The van der Waals surface area contributed by atoms with Crippen LogP contribution in [0.2, 0.25) is 0 Å². The van der Waals surface area contributed by atoms with Gasteiger partial charge in [-0.15, -0.1) is 0 Å². The lowest BCUT2D eigenvalue weighted by molar-refractivity contribution is -0.229. The molecular weight excluding hydrogens is 136 g/mol. The first-order valence-electron chi connectivity index (χ1n) is 2.88. The lowest BCUT2D eigenvalue weighted by atomic mass is 10.2. The topological polar surface area (TPSA) is 66.8 Å². The van der Waals surface area contributed by atoms with E-state index in [9.17, 15) is 4.79 Å². The Morgan fingerprint density at radius 1 is 1.60 bits per heavy atom. The van der Waals surface area contributed by atoms with E-state index in [2.05, 4.69) is 4.89 Å². The van der Waals surface area contributed by atoms with Crippen molar-refractivity contribution in [1.29, 1.82) is 0 Å². The highest BCUT2D eigenvalue weighted by molar-refractivity contribution is 5.87. The summed E-state index contributed by atoms with van der Waals surface area (Å²) in [7, 11) is 0. The fourth-order valence-corrected chi connectivity index (χ4v) is 0.451. The van der Waals surface area contributed by atoms with E-state index in [1.807, 2.05) is 0 Å². The zero-order valence-corrected chi connectivity index (χ0v) is 5.92. The Balaban J connectivity index is 4.30. The van der Waals surface area contributed by atoms with Gasteiger partial charge in [-0.2, -0.15) is 5.26 Å². The number of aliphatic hydroxyl groups is 1. The normalized spacial score (nSPS) is 12.3. The molecule has 0 aliphatic rings. The fraction of sp³-hybridized carbons (Fsp3) is 0.500. The molecule has 0 unspecified atom stereocenters. The molecule has 0 bridgehead atoms. The highest BCUT2D eigenvalue weighted by atomic mass is 17.1. The van der Waals surface area contributed by atoms with Gasteiger partial charge in [-0.3, -0.25) is 4.89 Å². The Labute approximate surface area is 58.7 Å². The van der Waals surface area contributed by atoms with Crippen LogP contribution in [0.25, 0.3) is 0 Å². The van der Waals surface area contributed by atoms with Crippen molar-refractivity contribution in [3.05, 3.63) is 11.3 Å². The van der Waals surface area contributed by atoms with Crippen LogP contribution in [0.4, 0.5) is 0 Å². The SMILES string of the molecule is CCC(O)=C(C)C(=O)OO. The highest BCUT2D eigenvalue weighted by Gasteiger charge is 2.09. The van der Waals surface area contributed by atoms with E-state index in [0.29, 0.717) is 6.42 Å². The average Bonchev–Trinajstić information content (AvgIpc) is 2.00. The molecule has 0 atom stereocenters. The summed E-state index contributed by atoms with van der Waals surface area (Å²) in [6.07, 6.45) is 0.348. The molecule has 0 aromatic heterocycles. The van der Waals surface area contributed by atoms with Gasteiger partial charge in [-0.1, -0.05) is 6.92 Å². The molecule has 0 aromatic rings. The molecule has 4 nitrogen and oxygen atoms in total. The maximum absolute atomic E-state index is 10.4. The van der Waals surface area contributed by atoms with Crippen molar-refractivity contribution in [3.8, 4) is 0 Å². The smallest absolute Gasteiger partial charge is 0.371 e. The van der Waals surface area contributed by atoms with Crippen molar-refractivity contribution in [2.75, 3.05) is 0 Å². The van der Waals surface area contributed by atoms with Gasteiger partial charge < -0.3 is 5.11 Å². The molecule has 2 N–H and O–H groups in total. The third kappa shape index (κ3) is 2.06. The number of hydrogen-bond donors (Lipinski definition) is 2. The fourth-order valence-electron chi connectivity index (χ4n) is 0.451. The van der Waals surface area contributed by atoms with Crippen molar-refractivity contribution in [1.82, 2.24) is 0 Å². The minimum absolute atomic E-state index is 0.0324. The predicted octanol–water partition coefficient (Wildman–Crippen LogP) is 1.24. The molecule has 0 aromatic carbocycles. The highest BCUT2D eigenvalue weighted by Crippen LogP contribution is 2.05. The van der Waals surface area contributed by atoms with E-state index in [1.165, 1.54) is 6.92 Å². The second kappa shape index (κ2) is 3.90. The summed E-state index contributed by atoms with van der Waals surface area (Å²) in [6.45, 7) is 3.06. The predicted molar refractivity (Wildman–Crippen MR) is 34.3 cm³/mol. The third-order valence-corrected chi connectivity index (χ3v) is 1.16. The van der Waals surface area contributed by atoms with E-state index < -0.39 is 5.97 Å². The Bertz CT molecular complexity index is 159. The lowest BCUT2D eigenvalue weighted by Crippen LogP contribution is -2.04. The monoisotopic (exact) mass is 146 g/mol. The number of rotatable bonds is 2. The van der Waals surface area contributed by atoms with Crippen LogP contribution < -0.4 is 0 Å². The molecule has 0 radical (unpaired) electrons. The Morgan fingerprint density at radius 2 is 2.10 bits per heavy atom. The lowest BCUT2D eigenvalue weighted by Gasteiger charge is -1.98. The first kappa shape index (κ1) is 8.97. The Kier molecular flexibility index (Phi) is 3.49. The molecular formula is C6H10O4. The average molecular weight is 146 g/mol. The van der Waals surface area contributed by atoms with E-state index in [-0.39, 0.29) is 11.3 Å². The minimum Gasteiger partial charge on any atom is -0.512 e. The second-order valence-electron chi connectivity index (χ2n) is 1.80. The van der Waals surface area contributed by atoms with Gasteiger partial charge in [0.2, 0.25) is 0 Å². The van der Waals surface area contributed by atoms with Crippen LogP contribution in [-0.4, -0.2) is 16.3 Å². The molecule has 0 fully saturated rings. The van der Waals surface area contributed by atoms with Gasteiger partial charge in [0.25, 0.3) is 0 Å². The molecule has 10 heavy (non-hydrogen) atoms. The molecule has 0 spiro atoms. The van der Waals surface area contributed by atoms with Gasteiger partial charge in [0.05, 0.1) is 5.57 Å².